The highest BCUT2D eigenvalue weighted by atomic mass is 19.1. The predicted molar refractivity (Wildman–Crippen MR) is 174 cm³/mol. The summed E-state index contributed by atoms with van der Waals surface area (Å²) in [5.41, 5.74) is 11.9. The van der Waals surface area contributed by atoms with Gasteiger partial charge in [0.25, 0.3) is 5.56 Å². The van der Waals surface area contributed by atoms with Crippen LogP contribution in [0.5, 0.6) is 0 Å². The molecule has 2 aromatic heterocycles. The summed E-state index contributed by atoms with van der Waals surface area (Å²) in [6.45, 7) is 7.63. The van der Waals surface area contributed by atoms with Crippen molar-refractivity contribution in [3.8, 4) is 11.4 Å². The molecule has 0 saturated carbocycles. The molecule has 0 radical (unpaired) electrons. The minimum Gasteiger partial charge on any atom is -0.460 e. The average Bonchev–Trinajstić information content (AvgIpc) is 3.41. The van der Waals surface area contributed by atoms with E-state index in [9.17, 15) is 29.1 Å². The van der Waals surface area contributed by atoms with E-state index in [0.29, 0.717) is 45.4 Å². The lowest BCUT2D eigenvalue weighted by molar-refractivity contribution is -0.172. The van der Waals surface area contributed by atoms with E-state index in [1.54, 1.807) is 40.7 Å². The third-order valence-electron chi connectivity index (χ3n) is 9.85. The zero-order valence-electron chi connectivity index (χ0n) is 28.1. The SMILES string of the molecule is CC[C@@]1(O)C(=O)OCc2c1cc1n(c2=O)Cc2c-1nc1cc(F)c(C)c3c1c2[C@@H](N(C(=O)CN)[C@@H](CCC(=O)OC(C)(C)C)C(N)=O)CC3. The lowest BCUT2D eigenvalue weighted by Crippen LogP contribution is -2.52. The van der Waals surface area contributed by atoms with Crippen LogP contribution in [0.2, 0.25) is 0 Å². The molecule has 2 amide bonds. The van der Waals surface area contributed by atoms with Crippen molar-refractivity contribution >= 4 is 34.7 Å². The van der Waals surface area contributed by atoms with E-state index in [1.165, 1.54) is 15.5 Å². The summed E-state index contributed by atoms with van der Waals surface area (Å²) in [7, 11) is 0. The van der Waals surface area contributed by atoms with Gasteiger partial charge in [0, 0.05) is 29.0 Å². The number of aromatic nitrogens is 2. The fraction of sp³-hybridized carbons (Fsp3) is 0.486. The van der Waals surface area contributed by atoms with E-state index in [1.807, 2.05) is 0 Å². The number of nitrogens with two attached hydrogens (primary N) is 2. The molecule has 0 spiro atoms. The molecular formula is C35H40FN5O8. The highest BCUT2D eigenvalue weighted by Crippen LogP contribution is 2.48. The average molecular weight is 678 g/mol. The van der Waals surface area contributed by atoms with Gasteiger partial charge < -0.3 is 35.5 Å². The van der Waals surface area contributed by atoms with Gasteiger partial charge in [0.2, 0.25) is 11.8 Å². The van der Waals surface area contributed by atoms with E-state index in [0.717, 1.165) is 0 Å². The van der Waals surface area contributed by atoms with Crippen LogP contribution >= 0.6 is 0 Å². The van der Waals surface area contributed by atoms with Crippen molar-refractivity contribution in [3.63, 3.8) is 0 Å². The summed E-state index contributed by atoms with van der Waals surface area (Å²) in [5.74, 6) is -3.35. The highest BCUT2D eigenvalue weighted by Gasteiger charge is 2.46. The molecule has 14 heteroatoms. The van der Waals surface area contributed by atoms with Crippen LogP contribution in [0.3, 0.4) is 0 Å². The van der Waals surface area contributed by atoms with E-state index < -0.39 is 65.0 Å². The van der Waals surface area contributed by atoms with E-state index in [2.05, 4.69) is 0 Å². The first-order chi connectivity index (χ1) is 23.0. The van der Waals surface area contributed by atoms with Crippen molar-refractivity contribution in [2.45, 2.75) is 103 Å². The Bertz CT molecular complexity index is 2020. The van der Waals surface area contributed by atoms with Crippen LogP contribution in [-0.4, -0.2) is 61.5 Å². The van der Waals surface area contributed by atoms with E-state index >= 15 is 4.39 Å². The van der Waals surface area contributed by atoms with Gasteiger partial charge in [-0.05, 0) is 76.1 Å². The molecule has 1 aliphatic carbocycles. The third kappa shape index (κ3) is 5.46. The second-order valence-electron chi connectivity index (χ2n) is 13.9. The van der Waals surface area contributed by atoms with Gasteiger partial charge in [-0.25, -0.2) is 14.2 Å². The fourth-order valence-corrected chi connectivity index (χ4v) is 7.54. The maximum Gasteiger partial charge on any atom is 0.343 e. The van der Waals surface area contributed by atoms with Crippen LogP contribution < -0.4 is 17.0 Å². The number of cyclic esters (lactones) is 1. The molecular weight excluding hydrogens is 637 g/mol. The van der Waals surface area contributed by atoms with Crippen LogP contribution in [0.4, 0.5) is 4.39 Å². The van der Waals surface area contributed by atoms with Crippen LogP contribution in [-0.2, 0) is 53.8 Å². The number of hydrogen-bond donors (Lipinski definition) is 3. The Morgan fingerprint density at radius 2 is 1.94 bits per heavy atom. The lowest BCUT2D eigenvalue weighted by Gasteiger charge is -2.40. The van der Waals surface area contributed by atoms with Crippen molar-refractivity contribution in [2.24, 2.45) is 11.5 Å². The molecule has 13 nitrogen and oxygen atoms in total. The first-order valence-electron chi connectivity index (χ1n) is 16.4. The van der Waals surface area contributed by atoms with Gasteiger partial charge in [0.05, 0.1) is 41.6 Å². The van der Waals surface area contributed by atoms with Crippen LogP contribution in [0.15, 0.2) is 16.9 Å². The van der Waals surface area contributed by atoms with Gasteiger partial charge in [-0.3, -0.25) is 19.2 Å². The Hall–Kier alpha value is -4.69. The molecule has 0 bridgehead atoms. The molecule has 49 heavy (non-hydrogen) atoms. The van der Waals surface area contributed by atoms with Gasteiger partial charge in [-0.15, -0.1) is 0 Å². The zero-order valence-corrected chi connectivity index (χ0v) is 28.1. The number of pyridine rings is 2. The van der Waals surface area contributed by atoms with Crippen molar-refractivity contribution in [2.75, 3.05) is 6.54 Å². The largest absolute Gasteiger partial charge is 0.460 e. The Labute approximate surface area is 281 Å². The predicted octanol–water partition coefficient (Wildman–Crippen LogP) is 2.28. The first kappa shape index (κ1) is 34.2. The van der Waals surface area contributed by atoms with Gasteiger partial charge in [0.15, 0.2) is 5.60 Å². The number of benzene rings is 1. The Morgan fingerprint density at radius 1 is 1.22 bits per heavy atom. The molecule has 0 saturated heterocycles. The Morgan fingerprint density at radius 3 is 2.57 bits per heavy atom. The van der Waals surface area contributed by atoms with E-state index in [4.69, 9.17) is 25.9 Å². The number of aryl methyl sites for hydroxylation is 1. The number of carbonyl (C=O) groups is 4. The summed E-state index contributed by atoms with van der Waals surface area (Å²) in [4.78, 5) is 72.3. The quantitative estimate of drug-likeness (QED) is 0.233. The monoisotopic (exact) mass is 677 g/mol. The van der Waals surface area contributed by atoms with Gasteiger partial charge >= 0.3 is 11.9 Å². The normalized spacial score (nSPS) is 19.8. The topological polar surface area (TPSA) is 197 Å². The number of carbonyl (C=O) groups excluding carboxylic acids is 4. The zero-order chi connectivity index (χ0) is 35.7. The third-order valence-corrected chi connectivity index (χ3v) is 9.85. The molecule has 4 heterocycles. The molecule has 3 aromatic rings. The minimum atomic E-state index is -2.05. The van der Waals surface area contributed by atoms with Crippen molar-refractivity contribution < 1.29 is 38.1 Å². The number of aliphatic hydroxyl groups is 1. The number of hydrogen-bond acceptors (Lipinski definition) is 10. The maximum absolute atomic E-state index is 15.4. The Kier molecular flexibility index (Phi) is 8.39. The number of rotatable bonds is 8. The van der Waals surface area contributed by atoms with E-state index in [-0.39, 0.29) is 55.5 Å². The van der Waals surface area contributed by atoms with Crippen molar-refractivity contribution in [3.05, 3.63) is 61.7 Å². The smallest absolute Gasteiger partial charge is 0.343 e. The van der Waals surface area contributed by atoms with Crippen molar-refractivity contribution in [1.29, 1.82) is 0 Å². The molecule has 6 rings (SSSR count). The summed E-state index contributed by atoms with van der Waals surface area (Å²) >= 11 is 0. The van der Waals surface area contributed by atoms with Gasteiger partial charge in [-0.2, -0.15) is 0 Å². The van der Waals surface area contributed by atoms with Crippen LogP contribution in [0.25, 0.3) is 22.3 Å². The number of fused-ring (bicyclic) bond motifs is 5. The lowest BCUT2D eigenvalue weighted by atomic mass is 9.80. The van der Waals surface area contributed by atoms with Gasteiger partial charge in [0.1, 0.15) is 24.1 Å². The van der Waals surface area contributed by atoms with Crippen LogP contribution in [0, 0.1) is 12.7 Å². The number of esters is 2. The first-order valence-corrected chi connectivity index (χ1v) is 16.4. The minimum absolute atomic E-state index is 0.00369. The Balaban J connectivity index is 1.57. The maximum atomic E-state index is 15.4. The molecule has 2 aliphatic heterocycles. The second-order valence-corrected chi connectivity index (χ2v) is 13.9. The summed E-state index contributed by atoms with van der Waals surface area (Å²) in [5, 5.41) is 11.9. The summed E-state index contributed by atoms with van der Waals surface area (Å²) in [6, 6.07) is 0.776. The number of halogens is 1. The molecule has 0 fully saturated rings. The molecule has 3 aliphatic rings. The molecule has 1 aromatic carbocycles. The molecule has 260 valence electrons. The number of nitrogens with zero attached hydrogens (tertiary/aromatic N) is 3. The summed E-state index contributed by atoms with van der Waals surface area (Å²) < 4.78 is 27.5. The fourth-order valence-electron chi connectivity index (χ4n) is 7.54. The number of amides is 2. The number of ether oxygens (including phenoxy) is 2. The standard InChI is InChI=1S/C35H40FN5O8/c1-6-35(47)20-11-25-30-18(14-40(25)32(45)19(20)15-48-33(35)46)29-23(8-7-17-16(2)21(36)12-22(39-30)28(17)29)41(26(42)13-37)24(31(38)44)9-10-27(43)49-34(3,4)5/h11-12,23-24,47H,6-10,13-15,37H2,1-5H3,(H2,38,44)/t23-,24-,35-/m0/s1. The van der Waals surface area contributed by atoms with Crippen LogP contribution in [0.1, 0.15) is 92.8 Å². The van der Waals surface area contributed by atoms with Gasteiger partial charge in [-0.1, -0.05) is 6.92 Å². The highest BCUT2D eigenvalue weighted by molar-refractivity contribution is 5.95. The molecule has 5 N–H and O–H groups in total. The summed E-state index contributed by atoms with van der Waals surface area (Å²) in [6.07, 6.45) is 0.201. The number of primary amides is 1. The second kappa shape index (κ2) is 12.0. The molecule has 3 atom stereocenters. The van der Waals surface area contributed by atoms with Crippen molar-refractivity contribution in [1.82, 2.24) is 14.5 Å². The molecule has 0 unspecified atom stereocenters.